The fourth-order valence-electron chi connectivity index (χ4n) is 1.05. The molecule has 4 N–H and O–H groups in total. The Bertz CT molecular complexity index is 193. The van der Waals surface area contributed by atoms with Crippen LogP contribution < -0.4 is 11.1 Å². The highest BCUT2D eigenvalue weighted by molar-refractivity contribution is 5.77. The van der Waals surface area contributed by atoms with Crippen LogP contribution in [0, 0.1) is 0 Å². The zero-order valence-electron chi connectivity index (χ0n) is 8.75. The Hall–Kier alpha value is -0.870. The van der Waals surface area contributed by atoms with Gasteiger partial charge in [0.1, 0.15) is 11.5 Å². The van der Waals surface area contributed by atoms with Crippen molar-refractivity contribution in [2.45, 2.75) is 32.2 Å². The maximum Gasteiger partial charge on any atom is 0.143 e. The summed E-state index contributed by atoms with van der Waals surface area (Å²) in [6, 6.07) is -0.317. The highest BCUT2D eigenvalue weighted by Crippen LogP contribution is 2.02. The van der Waals surface area contributed by atoms with E-state index in [-0.39, 0.29) is 17.6 Å². The highest BCUT2D eigenvalue weighted by atomic mass is 16.3. The van der Waals surface area contributed by atoms with Crippen LogP contribution in [-0.2, 0) is 4.79 Å². The zero-order chi connectivity index (χ0) is 11.0. The first kappa shape index (κ1) is 13.1. The fraction of sp³-hybridized carbons (Fsp3) is 0.700. The van der Waals surface area contributed by atoms with Gasteiger partial charge in [-0.2, -0.15) is 0 Å². The molecule has 0 aromatic carbocycles. The third-order valence-electron chi connectivity index (χ3n) is 1.92. The number of carbonyl (C=O) groups is 1. The van der Waals surface area contributed by atoms with Crippen molar-refractivity contribution in [3.63, 3.8) is 0 Å². The van der Waals surface area contributed by atoms with Crippen molar-refractivity contribution in [1.29, 1.82) is 0 Å². The summed E-state index contributed by atoms with van der Waals surface area (Å²) in [5, 5.41) is 11.9. The van der Waals surface area contributed by atoms with Crippen LogP contribution in [0.1, 0.15) is 26.2 Å². The number of aliphatic hydroxyl groups excluding tert-OH is 1. The number of carbonyl (C=O) groups excluding carboxylic acids is 1. The number of rotatable bonds is 8. The number of aliphatic hydroxyl groups is 1. The van der Waals surface area contributed by atoms with Crippen molar-refractivity contribution in [2.75, 3.05) is 13.1 Å². The molecule has 14 heavy (non-hydrogen) atoms. The summed E-state index contributed by atoms with van der Waals surface area (Å²) in [5.74, 6) is 0.187. The normalized spacial score (nSPS) is 12.4. The summed E-state index contributed by atoms with van der Waals surface area (Å²) < 4.78 is 0. The summed E-state index contributed by atoms with van der Waals surface area (Å²) >= 11 is 0. The van der Waals surface area contributed by atoms with Gasteiger partial charge in [0.15, 0.2) is 0 Å². The van der Waals surface area contributed by atoms with E-state index < -0.39 is 0 Å². The van der Waals surface area contributed by atoms with Gasteiger partial charge in [-0.05, 0) is 26.3 Å². The Kier molecular flexibility index (Phi) is 7.06. The Morgan fingerprint density at radius 2 is 2.21 bits per heavy atom. The summed E-state index contributed by atoms with van der Waals surface area (Å²) in [4.78, 5) is 10.5. The van der Waals surface area contributed by atoms with Gasteiger partial charge in [0.25, 0.3) is 0 Å². The van der Waals surface area contributed by atoms with E-state index in [1.807, 2.05) is 0 Å². The minimum absolute atomic E-state index is 0.0432. The lowest BCUT2D eigenvalue weighted by molar-refractivity contribution is -0.116. The van der Waals surface area contributed by atoms with Gasteiger partial charge in [0.2, 0.25) is 0 Å². The maximum absolute atomic E-state index is 10.5. The molecule has 0 aliphatic carbocycles. The van der Waals surface area contributed by atoms with E-state index in [0.29, 0.717) is 6.54 Å². The lowest BCUT2D eigenvalue weighted by Crippen LogP contribution is -2.24. The van der Waals surface area contributed by atoms with Crippen molar-refractivity contribution in [3.8, 4) is 0 Å². The lowest BCUT2D eigenvalue weighted by atomic mass is 10.1. The molecule has 4 heteroatoms. The summed E-state index contributed by atoms with van der Waals surface area (Å²) in [6.45, 7) is 6.16. The molecule has 0 fully saturated rings. The number of unbranched alkanes of at least 4 members (excludes halogenated alkanes) is 1. The summed E-state index contributed by atoms with van der Waals surface area (Å²) in [7, 11) is 0. The van der Waals surface area contributed by atoms with Crippen molar-refractivity contribution >= 4 is 5.78 Å². The molecule has 0 heterocycles. The second-order valence-corrected chi connectivity index (χ2v) is 3.47. The van der Waals surface area contributed by atoms with Crippen molar-refractivity contribution in [2.24, 2.45) is 5.73 Å². The Balaban J connectivity index is 3.21. The van der Waals surface area contributed by atoms with E-state index in [1.165, 1.54) is 0 Å². The van der Waals surface area contributed by atoms with Gasteiger partial charge >= 0.3 is 0 Å². The van der Waals surface area contributed by atoms with E-state index in [2.05, 4.69) is 11.9 Å². The van der Waals surface area contributed by atoms with Crippen LogP contribution in [0.3, 0.4) is 0 Å². The average molecular weight is 200 g/mol. The van der Waals surface area contributed by atoms with Gasteiger partial charge in [-0.15, -0.1) is 0 Å². The van der Waals surface area contributed by atoms with Crippen LogP contribution in [0.5, 0.6) is 0 Å². The van der Waals surface area contributed by atoms with Gasteiger partial charge in [-0.3, -0.25) is 4.79 Å². The molecule has 0 amide bonds. The Morgan fingerprint density at radius 1 is 1.57 bits per heavy atom. The van der Waals surface area contributed by atoms with Crippen LogP contribution in [0.25, 0.3) is 0 Å². The van der Waals surface area contributed by atoms with Crippen LogP contribution >= 0.6 is 0 Å². The molecule has 82 valence electrons. The average Bonchev–Trinajstić information content (AvgIpc) is 2.09. The monoisotopic (exact) mass is 200 g/mol. The van der Waals surface area contributed by atoms with Crippen LogP contribution in [0.2, 0.25) is 0 Å². The largest absolute Gasteiger partial charge is 0.511 e. The maximum atomic E-state index is 10.5. The second-order valence-electron chi connectivity index (χ2n) is 3.47. The third kappa shape index (κ3) is 7.76. The minimum atomic E-state index is -0.317. The molecule has 4 nitrogen and oxygen atoms in total. The molecule has 1 unspecified atom stereocenters. The lowest BCUT2D eigenvalue weighted by Gasteiger charge is -2.09. The third-order valence-corrected chi connectivity index (χ3v) is 1.92. The molecule has 0 aromatic rings. The fourth-order valence-corrected chi connectivity index (χ4v) is 1.05. The first-order valence-corrected chi connectivity index (χ1v) is 4.87. The number of hydrogen-bond acceptors (Lipinski definition) is 4. The van der Waals surface area contributed by atoms with Crippen LogP contribution in [0.15, 0.2) is 12.3 Å². The van der Waals surface area contributed by atoms with Gasteiger partial charge in [-0.1, -0.05) is 13.0 Å². The van der Waals surface area contributed by atoms with E-state index in [9.17, 15) is 4.79 Å². The number of hydrogen-bond donors (Lipinski definition) is 3. The zero-order valence-corrected chi connectivity index (χ0v) is 8.75. The molecular weight excluding hydrogens is 180 g/mol. The topological polar surface area (TPSA) is 75.3 Å². The minimum Gasteiger partial charge on any atom is -0.511 e. The van der Waals surface area contributed by atoms with Crippen molar-refractivity contribution < 1.29 is 9.90 Å². The molecule has 1 atom stereocenters. The molecule has 0 saturated carbocycles. The first-order valence-electron chi connectivity index (χ1n) is 4.87. The molecule has 0 aliphatic rings. The van der Waals surface area contributed by atoms with Gasteiger partial charge in [0, 0.05) is 0 Å². The molecule has 0 rings (SSSR count). The second kappa shape index (κ2) is 7.53. The van der Waals surface area contributed by atoms with Gasteiger partial charge < -0.3 is 16.2 Å². The molecule has 0 aliphatic heterocycles. The molecular formula is C10H20N2O2. The van der Waals surface area contributed by atoms with Crippen LogP contribution in [0.4, 0.5) is 0 Å². The van der Waals surface area contributed by atoms with E-state index in [4.69, 9.17) is 10.8 Å². The van der Waals surface area contributed by atoms with Crippen molar-refractivity contribution in [3.05, 3.63) is 12.3 Å². The molecule has 0 bridgehead atoms. The van der Waals surface area contributed by atoms with E-state index >= 15 is 0 Å². The van der Waals surface area contributed by atoms with Gasteiger partial charge in [0.05, 0.1) is 12.6 Å². The summed E-state index contributed by atoms with van der Waals surface area (Å²) in [5.41, 5.74) is 5.56. The van der Waals surface area contributed by atoms with Gasteiger partial charge in [-0.25, -0.2) is 0 Å². The quantitative estimate of drug-likeness (QED) is 0.399. The van der Waals surface area contributed by atoms with Crippen LogP contribution in [-0.4, -0.2) is 30.0 Å². The SMILES string of the molecule is C=C(O)C(N)CCCCNCC(C)=O. The molecule has 0 aromatic heterocycles. The smallest absolute Gasteiger partial charge is 0.143 e. The highest BCUT2D eigenvalue weighted by Gasteiger charge is 2.03. The number of nitrogens with one attached hydrogen (secondary N) is 1. The van der Waals surface area contributed by atoms with Crippen molar-refractivity contribution in [1.82, 2.24) is 5.32 Å². The summed E-state index contributed by atoms with van der Waals surface area (Å²) in [6.07, 6.45) is 2.61. The van der Waals surface area contributed by atoms with E-state index in [0.717, 1.165) is 25.8 Å². The number of Topliss-reactive ketones (excluding diaryl/α,β-unsaturated/α-hetero) is 1. The standard InChI is InChI=1S/C10H20N2O2/c1-8(13)7-12-6-4-3-5-10(11)9(2)14/h10,12,14H,2-7,11H2,1H3. The Morgan fingerprint density at radius 3 is 2.71 bits per heavy atom. The molecule has 0 spiro atoms. The Labute approximate surface area is 85.2 Å². The predicted octanol–water partition coefficient (Wildman–Crippen LogP) is 0.734. The van der Waals surface area contributed by atoms with E-state index in [1.54, 1.807) is 6.92 Å². The first-order chi connectivity index (χ1) is 6.54. The molecule has 0 radical (unpaired) electrons. The predicted molar refractivity (Wildman–Crippen MR) is 57.1 cm³/mol. The molecule has 0 saturated heterocycles. The number of nitrogens with two attached hydrogens (primary N) is 1. The number of ketones is 1.